The Bertz CT molecular complexity index is 814. The van der Waals surface area contributed by atoms with Crippen molar-refractivity contribution < 1.29 is 19.5 Å². The molecule has 0 heterocycles. The van der Waals surface area contributed by atoms with Gasteiger partial charge in [0.05, 0.1) is 0 Å². The molecule has 0 aliphatic rings. The van der Waals surface area contributed by atoms with Crippen molar-refractivity contribution in [3.63, 3.8) is 0 Å². The van der Waals surface area contributed by atoms with E-state index >= 15 is 0 Å². The van der Waals surface area contributed by atoms with Crippen molar-refractivity contribution in [1.29, 1.82) is 0 Å². The number of hydrogen-bond acceptors (Lipinski definition) is 0. The van der Waals surface area contributed by atoms with Gasteiger partial charge in [-0.05, 0) is 35.6 Å². The molecule has 0 bridgehead atoms. The average molecular weight is 443 g/mol. The Morgan fingerprint density at radius 2 is 1.00 bits per heavy atom. The number of aryl methyl sites for hydroxylation is 2. The van der Waals surface area contributed by atoms with E-state index in [0.29, 0.717) is 0 Å². The SMILES string of the molecule is Cc1ccccc1P(c1ccccc1C)[c-]1cccc1.[Ru].[cH-]1[cH-][cH-][cH-][cH-]1. The maximum absolute atomic E-state index is 2.28. The van der Waals surface area contributed by atoms with Gasteiger partial charge in [0.2, 0.25) is 0 Å². The standard InChI is InChI=1S/C19H18P.C5H5.Ru/c1-15-9-3-7-13-18(15)20(17-11-5-6-12-17)19-14-8-4-10-16(19)2;1-2-4-5-3-1;/h3-14H,1-2H3;1-5H;/q-1;-5;. The zero-order chi connectivity index (χ0) is 17.5. The molecule has 0 amide bonds. The molecule has 26 heavy (non-hydrogen) atoms. The van der Waals surface area contributed by atoms with Crippen molar-refractivity contribution in [3.05, 3.63) is 114 Å². The average Bonchev–Trinajstić information content (AvgIpc) is 3.35. The van der Waals surface area contributed by atoms with Crippen LogP contribution >= 0.6 is 7.92 Å². The summed E-state index contributed by atoms with van der Waals surface area (Å²) in [6.07, 6.45) is 0. The van der Waals surface area contributed by atoms with Gasteiger partial charge in [-0.2, -0.15) is 12.1 Å². The minimum atomic E-state index is -0.451. The molecule has 0 aliphatic carbocycles. The Balaban J connectivity index is 0.000000351. The molecule has 0 spiro atoms. The van der Waals surface area contributed by atoms with E-state index in [1.807, 2.05) is 30.3 Å². The summed E-state index contributed by atoms with van der Waals surface area (Å²) in [6, 6.07) is 36.3. The first-order chi connectivity index (χ1) is 12.3. The summed E-state index contributed by atoms with van der Waals surface area (Å²) >= 11 is 0. The maximum atomic E-state index is 2.28. The van der Waals surface area contributed by atoms with Crippen LogP contribution in [0.15, 0.2) is 103 Å². The molecule has 138 valence electrons. The Labute approximate surface area is 171 Å². The predicted octanol–water partition coefficient (Wildman–Crippen LogP) is 5.18. The third-order valence-electron chi connectivity index (χ3n) is 4.17. The molecule has 0 radical (unpaired) electrons. The van der Waals surface area contributed by atoms with Gasteiger partial charge in [0, 0.05) is 19.5 Å². The van der Waals surface area contributed by atoms with Crippen molar-refractivity contribution in [3.8, 4) is 0 Å². The van der Waals surface area contributed by atoms with Gasteiger partial charge in [-0.25, -0.2) is 12.1 Å². The first kappa shape index (κ1) is 20.5. The topological polar surface area (TPSA) is 0 Å². The fourth-order valence-electron chi connectivity index (χ4n) is 2.87. The fourth-order valence-corrected chi connectivity index (χ4v) is 5.48. The van der Waals surface area contributed by atoms with Gasteiger partial charge in [-0.3, -0.25) is 0 Å². The van der Waals surface area contributed by atoms with Crippen molar-refractivity contribution in [1.82, 2.24) is 0 Å². The van der Waals surface area contributed by atoms with Gasteiger partial charge in [0.1, 0.15) is 0 Å². The first-order valence-electron chi connectivity index (χ1n) is 8.57. The molecule has 0 unspecified atom stereocenters. The molecule has 0 saturated heterocycles. The van der Waals surface area contributed by atoms with E-state index in [4.69, 9.17) is 0 Å². The Kier molecular flexibility index (Phi) is 8.18. The third kappa shape index (κ3) is 5.10. The summed E-state index contributed by atoms with van der Waals surface area (Å²) in [4.78, 5) is 0. The third-order valence-corrected chi connectivity index (χ3v) is 6.95. The van der Waals surface area contributed by atoms with Gasteiger partial charge >= 0.3 is 0 Å². The fraction of sp³-hybridized carbons (Fsp3) is 0.0833. The van der Waals surface area contributed by atoms with Gasteiger partial charge in [0.25, 0.3) is 0 Å². The molecule has 0 aliphatic heterocycles. The second-order valence-corrected chi connectivity index (χ2v) is 8.16. The van der Waals surface area contributed by atoms with Crippen LogP contribution in [0.3, 0.4) is 0 Å². The molecule has 2 heteroatoms. The van der Waals surface area contributed by atoms with E-state index in [2.05, 4.69) is 86.6 Å². The van der Waals surface area contributed by atoms with Crippen molar-refractivity contribution in [2.45, 2.75) is 13.8 Å². The number of benzene rings is 2. The molecule has 0 fully saturated rings. The van der Waals surface area contributed by atoms with Crippen molar-refractivity contribution in [2.75, 3.05) is 0 Å². The maximum Gasteiger partial charge on any atom is 0 e. The number of hydrogen-bond donors (Lipinski definition) is 0. The second-order valence-electron chi connectivity index (χ2n) is 6.01. The van der Waals surface area contributed by atoms with Crippen LogP contribution in [0.1, 0.15) is 11.1 Å². The molecule has 4 aromatic carbocycles. The van der Waals surface area contributed by atoms with Crippen molar-refractivity contribution >= 4 is 23.8 Å². The molecular weight excluding hydrogens is 420 g/mol. The zero-order valence-electron chi connectivity index (χ0n) is 15.1. The van der Waals surface area contributed by atoms with E-state index in [9.17, 15) is 0 Å². The first-order valence-corrected chi connectivity index (χ1v) is 9.91. The molecule has 0 saturated carbocycles. The minimum absolute atomic E-state index is 0. The molecular formula is C24H23PRu-6. The largest absolute Gasteiger partial charge is 0.748 e. The van der Waals surface area contributed by atoms with E-state index in [1.165, 1.54) is 27.0 Å². The monoisotopic (exact) mass is 444 g/mol. The minimum Gasteiger partial charge on any atom is -0.748 e. The van der Waals surface area contributed by atoms with E-state index in [1.54, 1.807) is 0 Å². The summed E-state index contributed by atoms with van der Waals surface area (Å²) < 4.78 is 0. The van der Waals surface area contributed by atoms with E-state index in [-0.39, 0.29) is 19.5 Å². The smallest absolute Gasteiger partial charge is 0 e. The number of rotatable bonds is 3. The van der Waals surface area contributed by atoms with Crippen LogP contribution in [-0.2, 0) is 19.5 Å². The normalized spacial score (nSPS) is 9.96. The summed E-state index contributed by atoms with van der Waals surface area (Å²) in [5.41, 5.74) is 2.76. The Morgan fingerprint density at radius 1 is 0.615 bits per heavy atom. The molecule has 4 rings (SSSR count). The summed E-state index contributed by atoms with van der Waals surface area (Å²) in [5, 5.41) is 4.36. The Hall–Kier alpha value is -1.81. The molecule has 0 N–H and O–H groups in total. The van der Waals surface area contributed by atoms with E-state index in [0.717, 1.165) is 0 Å². The van der Waals surface area contributed by atoms with Gasteiger partial charge in [-0.15, -0.1) is 5.30 Å². The molecule has 0 nitrogen and oxygen atoms in total. The summed E-state index contributed by atoms with van der Waals surface area (Å²) in [5.74, 6) is 0. The molecule has 0 atom stereocenters. The van der Waals surface area contributed by atoms with Crippen molar-refractivity contribution in [2.24, 2.45) is 0 Å². The summed E-state index contributed by atoms with van der Waals surface area (Å²) in [7, 11) is -0.451. The van der Waals surface area contributed by atoms with Gasteiger partial charge < -0.3 is 30.3 Å². The van der Waals surface area contributed by atoms with Crippen LogP contribution in [0.5, 0.6) is 0 Å². The van der Waals surface area contributed by atoms with Crippen LogP contribution in [0, 0.1) is 13.8 Å². The van der Waals surface area contributed by atoms with Crippen LogP contribution in [0.4, 0.5) is 0 Å². The quantitative estimate of drug-likeness (QED) is 0.232. The van der Waals surface area contributed by atoms with E-state index < -0.39 is 7.92 Å². The predicted molar refractivity (Wildman–Crippen MR) is 112 cm³/mol. The van der Waals surface area contributed by atoms with Crippen LogP contribution in [-0.4, -0.2) is 0 Å². The van der Waals surface area contributed by atoms with Gasteiger partial charge in [-0.1, -0.05) is 56.5 Å². The van der Waals surface area contributed by atoms with Crippen LogP contribution in [0.25, 0.3) is 0 Å². The second kappa shape index (κ2) is 10.4. The zero-order valence-corrected chi connectivity index (χ0v) is 17.7. The molecule has 0 aromatic heterocycles. The molecule has 4 aromatic rings. The Morgan fingerprint density at radius 3 is 1.38 bits per heavy atom. The summed E-state index contributed by atoms with van der Waals surface area (Å²) in [6.45, 7) is 4.43. The van der Waals surface area contributed by atoms with Crippen LogP contribution in [0.2, 0.25) is 0 Å². The van der Waals surface area contributed by atoms with Crippen LogP contribution < -0.4 is 15.9 Å². The van der Waals surface area contributed by atoms with Gasteiger partial charge in [0.15, 0.2) is 0 Å².